The van der Waals surface area contributed by atoms with Crippen LogP contribution < -0.4 is 15.5 Å². The van der Waals surface area contributed by atoms with Crippen LogP contribution in [0.4, 0.5) is 17.5 Å². The van der Waals surface area contributed by atoms with Gasteiger partial charge < -0.3 is 15.5 Å². The van der Waals surface area contributed by atoms with Gasteiger partial charge in [-0.2, -0.15) is 4.98 Å². The molecular weight excluding hydrogens is 490 g/mol. The molecule has 0 bridgehead atoms. The second-order valence-electron chi connectivity index (χ2n) is 7.77. The minimum Gasteiger partial charge on any atom is -0.341 e. The average molecular weight is 514 g/mol. The molecule has 7 nitrogen and oxygen atoms in total. The van der Waals surface area contributed by atoms with Crippen molar-refractivity contribution < 1.29 is 9.59 Å². The number of nitrogens with zero attached hydrogens (tertiary/aromatic N) is 3. The Morgan fingerprint density at radius 2 is 1.75 bits per heavy atom. The van der Waals surface area contributed by atoms with Crippen molar-refractivity contribution in [3.8, 4) is 0 Å². The predicted molar refractivity (Wildman–Crippen MR) is 131 cm³/mol. The van der Waals surface area contributed by atoms with Gasteiger partial charge in [0.25, 0.3) is 0 Å². The van der Waals surface area contributed by atoms with E-state index < -0.39 is 0 Å². The maximum Gasteiger partial charge on any atom is 0.229 e. The van der Waals surface area contributed by atoms with E-state index in [9.17, 15) is 9.59 Å². The molecule has 1 aliphatic rings. The Kier molecular flexibility index (Phi) is 7.16. The lowest BCUT2D eigenvalue weighted by Gasteiger charge is -2.16. The van der Waals surface area contributed by atoms with Crippen LogP contribution in [0.25, 0.3) is 0 Å². The number of amides is 2. The summed E-state index contributed by atoms with van der Waals surface area (Å²) in [5.41, 5.74) is 2.39. The SMILES string of the molecule is Cc1cc(NC(=O)Cc2ccc(NC(=O)Cc3cc(Br)cs3)cc2)nc(N2CCCC2)n1. The smallest absolute Gasteiger partial charge is 0.229 e. The zero-order chi connectivity index (χ0) is 22.5. The van der Waals surface area contributed by atoms with Crippen LogP contribution >= 0.6 is 27.3 Å². The molecule has 3 aromatic rings. The van der Waals surface area contributed by atoms with Crippen molar-refractivity contribution in [1.82, 2.24) is 9.97 Å². The van der Waals surface area contributed by atoms with E-state index in [1.165, 1.54) is 0 Å². The van der Waals surface area contributed by atoms with Gasteiger partial charge in [-0.15, -0.1) is 11.3 Å². The number of anilines is 3. The molecule has 1 fully saturated rings. The average Bonchev–Trinajstić information content (AvgIpc) is 3.41. The van der Waals surface area contributed by atoms with E-state index in [0.29, 0.717) is 23.9 Å². The van der Waals surface area contributed by atoms with Gasteiger partial charge in [0.1, 0.15) is 5.82 Å². The molecule has 0 radical (unpaired) electrons. The summed E-state index contributed by atoms with van der Waals surface area (Å²) >= 11 is 4.94. The van der Waals surface area contributed by atoms with Crippen molar-refractivity contribution in [1.29, 1.82) is 0 Å². The maximum atomic E-state index is 12.5. The summed E-state index contributed by atoms with van der Waals surface area (Å²) in [6.07, 6.45) is 2.83. The van der Waals surface area contributed by atoms with Gasteiger partial charge in [0.05, 0.1) is 12.8 Å². The summed E-state index contributed by atoms with van der Waals surface area (Å²) in [7, 11) is 0. The Hall–Kier alpha value is -2.78. The topological polar surface area (TPSA) is 87.2 Å². The lowest BCUT2D eigenvalue weighted by atomic mass is 10.1. The van der Waals surface area contributed by atoms with Crippen LogP contribution in [0, 0.1) is 6.92 Å². The first kappa shape index (κ1) is 22.4. The van der Waals surface area contributed by atoms with E-state index >= 15 is 0 Å². The van der Waals surface area contributed by atoms with Gasteiger partial charge in [-0.05, 0) is 59.5 Å². The highest BCUT2D eigenvalue weighted by atomic mass is 79.9. The Morgan fingerprint density at radius 3 is 2.44 bits per heavy atom. The molecule has 0 saturated carbocycles. The molecule has 0 spiro atoms. The Bertz CT molecular complexity index is 1110. The lowest BCUT2D eigenvalue weighted by Crippen LogP contribution is -2.22. The van der Waals surface area contributed by atoms with Crippen LogP contribution in [0.3, 0.4) is 0 Å². The number of hydrogen-bond donors (Lipinski definition) is 2. The van der Waals surface area contributed by atoms with E-state index in [0.717, 1.165) is 46.5 Å². The van der Waals surface area contributed by atoms with Gasteiger partial charge in [0.15, 0.2) is 0 Å². The lowest BCUT2D eigenvalue weighted by molar-refractivity contribution is -0.116. The molecule has 2 aromatic heterocycles. The van der Waals surface area contributed by atoms with Crippen molar-refractivity contribution >= 4 is 56.5 Å². The maximum absolute atomic E-state index is 12.5. The fourth-order valence-electron chi connectivity index (χ4n) is 3.56. The zero-order valence-corrected chi connectivity index (χ0v) is 20.1. The molecule has 166 valence electrons. The van der Waals surface area contributed by atoms with Gasteiger partial charge in [0, 0.05) is 45.3 Å². The number of rotatable bonds is 7. The van der Waals surface area contributed by atoms with Gasteiger partial charge >= 0.3 is 0 Å². The Morgan fingerprint density at radius 1 is 1.03 bits per heavy atom. The highest BCUT2D eigenvalue weighted by molar-refractivity contribution is 9.10. The quantitative estimate of drug-likeness (QED) is 0.483. The van der Waals surface area contributed by atoms with Gasteiger partial charge in [0.2, 0.25) is 17.8 Å². The second kappa shape index (κ2) is 10.2. The molecule has 0 aliphatic carbocycles. The minimum atomic E-state index is -0.143. The number of benzene rings is 1. The van der Waals surface area contributed by atoms with Crippen LogP contribution in [0.1, 0.15) is 29.0 Å². The summed E-state index contributed by atoms with van der Waals surface area (Å²) < 4.78 is 0.984. The number of aryl methyl sites for hydroxylation is 1. The van der Waals surface area contributed by atoms with Crippen molar-refractivity contribution in [2.45, 2.75) is 32.6 Å². The summed E-state index contributed by atoms with van der Waals surface area (Å²) in [6, 6.07) is 11.0. The Balaban J connectivity index is 1.31. The van der Waals surface area contributed by atoms with Crippen LogP contribution in [0.2, 0.25) is 0 Å². The van der Waals surface area contributed by atoms with Gasteiger partial charge in [-0.1, -0.05) is 12.1 Å². The third-order valence-electron chi connectivity index (χ3n) is 5.06. The monoisotopic (exact) mass is 513 g/mol. The van der Waals surface area contributed by atoms with E-state index in [1.54, 1.807) is 17.4 Å². The number of carbonyl (C=O) groups is 2. The van der Waals surface area contributed by atoms with Crippen molar-refractivity contribution in [2.24, 2.45) is 0 Å². The molecule has 4 rings (SSSR count). The van der Waals surface area contributed by atoms with Crippen molar-refractivity contribution in [3.05, 3.63) is 62.4 Å². The molecule has 9 heteroatoms. The van der Waals surface area contributed by atoms with Crippen LogP contribution in [0.15, 0.2) is 46.3 Å². The number of aromatic nitrogens is 2. The predicted octanol–water partition coefficient (Wildman–Crippen LogP) is 4.57. The fourth-order valence-corrected chi connectivity index (χ4v) is 5.01. The number of nitrogens with one attached hydrogen (secondary N) is 2. The number of thiophene rings is 1. The molecule has 2 amide bonds. The highest BCUT2D eigenvalue weighted by Crippen LogP contribution is 2.21. The van der Waals surface area contributed by atoms with Crippen molar-refractivity contribution in [2.75, 3.05) is 28.6 Å². The summed E-state index contributed by atoms with van der Waals surface area (Å²) in [6.45, 7) is 3.80. The van der Waals surface area contributed by atoms with Crippen molar-refractivity contribution in [3.63, 3.8) is 0 Å². The second-order valence-corrected chi connectivity index (χ2v) is 9.68. The summed E-state index contributed by atoms with van der Waals surface area (Å²) in [4.78, 5) is 36.9. The fraction of sp³-hybridized carbons (Fsp3) is 0.304. The molecular formula is C23H24BrN5O2S. The molecule has 1 aliphatic heterocycles. The Labute approximate surface area is 199 Å². The largest absolute Gasteiger partial charge is 0.341 e. The van der Waals surface area contributed by atoms with E-state index in [-0.39, 0.29) is 18.2 Å². The molecule has 32 heavy (non-hydrogen) atoms. The first-order chi connectivity index (χ1) is 15.4. The normalized spacial score (nSPS) is 13.2. The summed E-state index contributed by atoms with van der Waals surface area (Å²) in [5.74, 6) is 0.981. The third kappa shape index (κ3) is 6.14. The summed E-state index contributed by atoms with van der Waals surface area (Å²) in [5, 5.41) is 7.73. The van der Waals surface area contributed by atoms with Crippen LogP contribution in [-0.4, -0.2) is 34.9 Å². The number of hydrogen-bond acceptors (Lipinski definition) is 6. The molecule has 2 N–H and O–H groups in total. The zero-order valence-electron chi connectivity index (χ0n) is 17.7. The van der Waals surface area contributed by atoms with E-state index in [1.807, 2.05) is 42.6 Å². The standard InChI is InChI=1S/C23H24BrN5O2S/c1-15-10-20(28-23(25-15)29-8-2-3-9-29)27-21(30)11-16-4-6-18(7-5-16)26-22(31)13-19-12-17(24)14-32-19/h4-7,10,12,14H,2-3,8-9,11,13H2,1H3,(H,26,31)(H,25,27,28,30). The molecule has 3 heterocycles. The minimum absolute atomic E-state index is 0.0715. The first-order valence-corrected chi connectivity index (χ1v) is 12.1. The van der Waals surface area contributed by atoms with Crippen LogP contribution in [-0.2, 0) is 22.4 Å². The molecule has 0 atom stereocenters. The number of carbonyl (C=O) groups excluding carboxylic acids is 2. The molecule has 1 aromatic carbocycles. The molecule has 1 saturated heterocycles. The van der Waals surface area contributed by atoms with Crippen LogP contribution in [0.5, 0.6) is 0 Å². The van der Waals surface area contributed by atoms with Gasteiger partial charge in [-0.3, -0.25) is 9.59 Å². The first-order valence-electron chi connectivity index (χ1n) is 10.5. The molecule has 0 unspecified atom stereocenters. The van der Waals surface area contributed by atoms with E-state index in [2.05, 4.69) is 41.4 Å². The van der Waals surface area contributed by atoms with Gasteiger partial charge in [-0.25, -0.2) is 4.98 Å². The van der Waals surface area contributed by atoms with E-state index in [4.69, 9.17) is 0 Å². The highest BCUT2D eigenvalue weighted by Gasteiger charge is 2.16. The number of halogens is 1. The third-order valence-corrected chi connectivity index (χ3v) is 6.76.